The molecular weight excluding hydrogens is 392 g/mol. The van der Waals surface area contributed by atoms with Crippen LogP contribution in [0.4, 0.5) is 0 Å². The van der Waals surface area contributed by atoms with Crippen LogP contribution in [-0.2, 0) is 9.47 Å². The molecule has 0 bridgehead atoms. The van der Waals surface area contributed by atoms with E-state index in [4.69, 9.17) is 9.47 Å². The summed E-state index contributed by atoms with van der Waals surface area (Å²) in [5.74, 6) is -0.888. The van der Waals surface area contributed by atoms with Gasteiger partial charge in [0.2, 0.25) is 0 Å². The zero-order valence-corrected chi connectivity index (χ0v) is 20.8. The SMILES string of the molecule is CCCCCCCCOC(=O)c1ccccc1C(=O)OCCCCCCCC.[Ca]. The van der Waals surface area contributed by atoms with Gasteiger partial charge in [-0.05, 0) is 25.0 Å². The van der Waals surface area contributed by atoms with Gasteiger partial charge in [0.25, 0.3) is 0 Å². The van der Waals surface area contributed by atoms with Crippen LogP contribution in [-0.4, -0.2) is 62.9 Å². The van der Waals surface area contributed by atoms with E-state index in [0.29, 0.717) is 24.3 Å². The molecule has 0 spiro atoms. The summed E-state index contributed by atoms with van der Waals surface area (Å²) in [5.41, 5.74) is 0.586. The van der Waals surface area contributed by atoms with Gasteiger partial charge in [0.1, 0.15) is 0 Å². The molecule has 1 rings (SSSR count). The summed E-state index contributed by atoms with van der Waals surface area (Å²) in [6.45, 7) is 5.17. The largest absolute Gasteiger partial charge is 0.462 e. The Morgan fingerprint density at radius 1 is 0.621 bits per heavy atom. The Labute approximate surface area is 207 Å². The predicted octanol–water partition coefficient (Wildman–Crippen LogP) is 6.34. The minimum absolute atomic E-state index is 0. The Kier molecular flexibility index (Phi) is 19.0. The van der Waals surface area contributed by atoms with Gasteiger partial charge in [0.15, 0.2) is 0 Å². The van der Waals surface area contributed by atoms with E-state index in [9.17, 15) is 9.59 Å². The first-order valence-corrected chi connectivity index (χ1v) is 11.1. The van der Waals surface area contributed by atoms with Crippen LogP contribution < -0.4 is 0 Å². The summed E-state index contributed by atoms with van der Waals surface area (Å²) >= 11 is 0. The number of hydrogen-bond donors (Lipinski definition) is 0. The number of benzene rings is 1. The average Bonchev–Trinajstić information content (AvgIpc) is 2.72. The summed E-state index contributed by atoms with van der Waals surface area (Å²) in [4.78, 5) is 24.7. The second kappa shape index (κ2) is 19.4. The molecule has 160 valence electrons. The molecule has 0 unspecified atom stereocenters. The number of rotatable bonds is 16. The average molecular weight is 431 g/mol. The predicted molar refractivity (Wildman–Crippen MR) is 120 cm³/mol. The molecular formula is C24H38CaO4. The van der Waals surface area contributed by atoms with Crippen molar-refractivity contribution in [2.75, 3.05) is 13.2 Å². The first kappa shape index (κ1) is 28.4. The van der Waals surface area contributed by atoms with Crippen molar-refractivity contribution in [3.8, 4) is 0 Å². The molecule has 0 N–H and O–H groups in total. The first-order valence-electron chi connectivity index (χ1n) is 11.1. The monoisotopic (exact) mass is 430 g/mol. The minimum Gasteiger partial charge on any atom is -0.462 e. The van der Waals surface area contributed by atoms with Crippen molar-refractivity contribution >= 4 is 49.7 Å². The van der Waals surface area contributed by atoms with E-state index in [0.717, 1.165) is 25.7 Å². The fourth-order valence-corrected chi connectivity index (χ4v) is 3.09. The van der Waals surface area contributed by atoms with Crippen LogP contribution in [0.1, 0.15) is 112 Å². The molecule has 29 heavy (non-hydrogen) atoms. The van der Waals surface area contributed by atoms with E-state index in [1.807, 2.05) is 0 Å². The van der Waals surface area contributed by atoms with Crippen LogP contribution in [0.25, 0.3) is 0 Å². The van der Waals surface area contributed by atoms with Gasteiger partial charge in [-0.15, -0.1) is 0 Å². The molecule has 0 fully saturated rings. The normalized spacial score (nSPS) is 10.3. The molecule has 0 saturated heterocycles. The Balaban J connectivity index is 0.00000784. The van der Waals surface area contributed by atoms with Gasteiger partial charge >= 0.3 is 11.9 Å². The number of hydrogen-bond acceptors (Lipinski definition) is 4. The summed E-state index contributed by atoms with van der Waals surface area (Å²) in [5, 5.41) is 0. The molecule has 1 aromatic rings. The van der Waals surface area contributed by atoms with E-state index < -0.39 is 11.9 Å². The zero-order valence-electron chi connectivity index (χ0n) is 18.5. The van der Waals surface area contributed by atoms with Crippen LogP contribution in [0.2, 0.25) is 0 Å². The third-order valence-corrected chi connectivity index (χ3v) is 4.83. The minimum atomic E-state index is -0.444. The van der Waals surface area contributed by atoms with Crippen molar-refractivity contribution in [2.24, 2.45) is 0 Å². The zero-order chi connectivity index (χ0) is 20.5. The molecule has 0 aliphatic heterocycles. The van der Waals surface area contributed by atoms with E-state index in [2.05, 4.69) is 13.8 Å². The Morgan fingerprint density at radius 3 is 1.34 bits per heavy atom. The maximum absolute atomic E-state index is 12.4. The summed E-state index contributed by atoms with van der Waals surface area (Å²) in [7, 11) is 0. The van der Waals surface area contributed by atoms with Crippen molar-refractivity contribution in [2.45, 2.75) is 90.9 Å². The molecule has 0 amide bonds. The van der Waals surface area contributed by atoms with Crippen molar-refractivity contribution in [1.29, 1.82) is 0 Å². The fraction of sp³-hybridized carbons (Fsp3) is 0.667. The van der Waals surface area contributed by atoms with Crippen LogP contribution in [0.15, 0.2) is 24.3 Å². The summed E-state index contributed by atoms with van der Waals surface area (Å²) in [6.07, 6.45) is 13.6. The topological polar surface area (TPSA) is 52.6 Å². The third-order valence-electron chi connectivity index (χ3n) is 4.83. The van der Waals surface area contributed by atoms with Crippen molar-refractivity contribution < 1.29 is 19.1 Å². The molecule has 4 nitrogen and oxygen atoms in total. The van der Waals surface area contributed by atoms with Crippen molar-refractivity contribution in [1.82, 2.24) is 0 Å². The first-order chi connectivity index (χ1) is 13.7. The second-order valence-corrected chi connectivity index (χ2v) is 7.35. The van der Waals surface area contributed by atoms with Gasteiger partial charge < -0.3 is 9.47 Å². The standard InChI is InChI=1S/C24H38O4.Ca/c1-3-5-7-9-11-15-19-27-23(25)21-17-13-14-18-22(21)24(26)28-20-16-12-10-8-6-4-2;/h13-14,17-18H,3-12,15-16,19-20H2,1-2H3;. The Hall–Kier alpha value is -0.580. The molecule has 5 heteroatoms. The van der Waals surface area contributed by atoms with Crippen molar-refractivity contribution in [3.05, 3.63) is 35.4 Å². The van der Waals surface area contributed by atoms with Gasteiger partial charge in [-0.3, -0.25) is 0 Å². The van der Waals surface area contributed by atoms with Crippen molar-refractivity contribution in [3.63, 3.8) is 0 Å². The van der Waals surface area contributed by atoms with Crippen LogP contribution in [0.5, 0.6) is 0 Å². The van der Waals surface area contributed by atoms with Gasteiger partial charge in [0, 0.05) is 37.7 Å². The maximum atomic E-state index is 12.4. The van der Waals surface area contributed by atoms with Gasteiger partial charge in [-0.1, -0.05) is 90.2 Å². The van der Waals surface area contributed by atoms with E-state index in [-0.39, 0.29) is 37.7 Å². The number of unbranched alkanes of at least 4 members (excludes halogenated alkanes) is 10. The molecule has 0 aliphatic carbocycles. The number of ether oxygens (including phenoxy) is 2. The van der Waals surface area contributed by atoms with Gasteiger partial charge in [-0.25, -0.2) is 9.59 Å². The maximum Gasteiger partial charge on any atom is 0.339 e. The van der Waals surface area contributed by atoms with Crippen LogP contribution >= 0.6 is 0 Å². The van der Waals surface area contributed by atoms with Crippen LogP contribution in [0.3, 0.4) is 0 Å². The number of carbonyl (C=O) groups is 2. The fourth-order valence-electron chi connectivity index (χ4n) is 3.09. The van der Waals surface area contributed by atoms with E-state index >= 15 is 0 Å². The number of carbonyl (C=O) groups excluding carboxylic acids is 2. The summed E-state index contributed by atoms with van der Waals surface area (Å²) < 4.78 is 10.7. The molecule has 2 radical (unpaired) electrons. The quantitative estimate of drug-likeness (QED) is 0.174. The van der Waals surface area contributed by atoms with Gasteiger partial charge in [0.05, 0.1) is 24.3 Å². The smallest absolute Gasteiger partial charge is 0.339 e. The molecule has 0 aliphatic rings. The second-order valence-electron chi connectivity index (χ2n) is 7.35. The third kappa shape index (κ3) is 13.4. The molecule has 0 heterocycles. The Morgan fingerprint density at radius 2 is 0.966 bits per heavy atom. The van der Waals surface area contributed by atoms with E-state index in [1.54, 1.807) is 24.3 Å². The summed E-state index contributed by atoms with van der Waals surface area (Å²) in [6, 6.07) is 6.74. The molecule has 0 saturated carbocycles. The molecule has 1 aromatic carbocycles. The molecule has 0 atom stereocenters. The Bertz CT molecular complexity index is 511. The van der Waals surface area contributed by atoms with Gasteiger partial charge in [-0.2, -0.15) is 0 Å². The van der Waals surface area contributed by atoms with Crippen LogP contribution in [0, 0.1) is 0 Å². The van der Waals surface area contributed by atoms with E-state index in [1.165, 1.54) is 51.4 Å². The number of esters is 2. The molecule has 0 aromatic heterocycles.